The molecule has 1 aromatic carbocycles. The van der Waals surface area contributed by atoms with E-state index in [-0.39, 0.29) is 11.7 Å². The number of carbonyl (C=O) groups is 1. The monoisotopic (exact) mass is 337 g/mol. The van der Waals surface area contributed by atoms with E-state index in [0.29, 0.717) is 11.3 Å². The summed E-state index contributed by atoms with van der Waals surface area (Å²) in [5.74, 6) is 0.665. The van der Waals surface area contributed by atoms with Gasteiger partial charge in [-0.25, -0.2) is 4.98 Å². The molecule has 0 spiro atoms. The Hall–Kier alpha value is -1.03. The van der Waals surface area contributed by atoms with Gasteiger partial charge in [-0.1, -0.05) is 42.1 Å². The first-order chi connectivity index (χ1) is 10.1. The van der Waals surface area contributed by atoms with Gasteiger partial charge < -0.3 is 0 Å². The fourth-order valence-corrected chi connectivity index (χ4v) is 3.45. The molecular formula is C16H13Cl2NOS. The minimum atomic E-state index is -0.625. The van der Waals surface area contributed by atoms with Crippen LogP contribution in [0.3, 0.4) is 0 Å². The van der Waals surface area contributed by atoms with Gasteiger partial charge in [-0.3, -0.25) is 4.79 Å². The number of nitrogens with zero attached hydrogens (tertiary/aromatic N) is 1. The van der Waals surface area contributed by atoms with E-state index in [2.05, 4.69) is 4.98 Å². The molecule has 0 radical (unpaired) electrons. The van der Waals surface area contributed by atoms with Crippen molar-refractivity contribution in [1.29, 1.82) is 0 Å². The third kappa shape index (κ3) is 3.60. The molecule has 0 aliphatic heterocycles. The molecule has 0 unspecified atom stereocenters. The quantitative estimate of drug-likeness (QED) is 0.449. The van der Waals surface area contributed by atoms with Crippen molar-refractivity contribution in [1.82, 2.24) is 4.98 Å². The van der Waals surface area contributed by atoms with E-state index >= 15 is 0 Å². The van der Waals surface area contributed by atoms with Gasteiger partial charge in [-0.15, -0.1) is 23.2 Å². The van der Waals surface area contributed by atoms with Crippen LogP contribution in [0.25, 0.3) is 0 Å². The second kappa shape index (κ2) is 5.99. The molecule has 1 aromatic heterocycles. The largest absolute Gasteiger partial charge is 0.293 e. The van der Waals surface area contributed by atoms with Crippen molar-refractivity contribution in [2.24, 2.45) is 0 Å². The summed E-state index contributed by atoms with van der Waals surface area (Å²) in [5.41, 5.74) is 1.80. The normalized spacial score (nSPS) is 19.2. The zero-order valence-electron chi connectivity index (χ0n) is 11.1. The Morgan fingerprint density at radius 1 is 1.24 bits per heavy atom. The lowest BCUT2D eigenvalue weighted by Gasteiger charge is -2.04. The van der Waals surface area contributed by atoms with Crippen LogP contribution < -0.4 is 0 Å². The average molecular weight is 338 g/mol. The van der Waals surface area contributed by atoms with Crippen molar-refractivity contribution in [3.05, 3.63) is 59.8 Å². The van der Waals surface area contributed by atoms with Crippen LogP contribution in [0.15, 0.2) is 53.7 Å². The molecule has 0 N–H and O–H groups in total. The molecule has 1 aliphatic carbocycles. The number of pyridine rings is 1. The summed E-state index contributed by atoms with van der Waals surface area (Å²) < 4.78 is -0.625. The van der Waals surface area contributed by atoms with E-state index in [0.717, 1.165) is 17.0 Å². The number of hydrogen-bond donors (Lipinski definition) is 0. The molecule has 108 valence electrons. The lowest BCUT2D eigenvalue weighted by molar-refractivity contribution is 0.102. The minimum Gasteiger partial charge on any atom is -0.293 e. The second-order valence-corrected chi connectivity index (χ2v) is 7.56. The van der Waals surface area contributed by atoms with Gasteiger partial charge in [0.15, 0.2) is 5.78 Å². The predicted molar refractivity (Wildman–Crippen MR) is 87.5 cm³/mol. The number of carbonyl (C=O) groups excluding carboxylic acids is 1. The predicted octanol–water partition coefficient (Wildman–Crippen LogP) is 4.72. The maximum atomic E-state index is 12.1. The molecule has 21 heavy (non-hydrogen) atoms. The molecule has 0 amide bonds. The van der Waals surface area contributed by atoms with Gasteiger partial charge in [0.1, 0.15) is 4.33 Å². The van der Waals surface area contributed by atoms with Crippen LogP contribution in [0.1, 0.15) is 28.3 Å². The summed E-state index contributed by atoms with van der Waals surface area (Å²) in [6.45, 7) is 0. The Morgan fingerprint density at radius 2 is 1.95 bits per heavy atom. The Kier molecular flexibility index (Phi) is 4.25. The molecule has 0 saturated heterocycles. The summed E-state index contributed by atoms with van der Waals surface area (Å²) in [4.78, 5) is 16.3. The van der Waals surface area contributed by atoms with E-state index in [4.69, 9.17) is 23.2 Å². The minimum absolute atomic E-state index is 0.0935. The van der Waals surface area contributed by atoms with Crippen molar-refractivity contribution >= 4 is 40.7 Å². The van der Waals surface area contributed by atoms with Crippen LogP contribution in [0.5, 0.6) is 0 Å². The third-order valence-corrected chi connectivity index (χ3v) is 5.23. The fraction of sp³-hybridized carbons (Fsp3) is 0.250. The van der Waals surface area contributed by atoms with Crippen LogP contribution in [0.2, 0.25) is 0 Å². The number of Topliss-reactive ketones (excluding diaryl/α,β-unsaturated/α-hetero) is 1. The zero-order valence-corrected chi connectivity index (χ0v) is 13.5. The van der Waals surface area contributed by atoms with Crippen LogP contribution in [0.4, 0.5) is 0 Å². The summed E-state index contributed by atoms with van der Waals surface area (Å²) >= 11 is 13.5. The molecular weight excluding hydrogens is 325 g/mol. The zero-order chi connectivity index (χ0) is 14.9. The average Bonchev–Trinajstić information content (AvgIpc) is 3.15. The lowest BCUT2D eigenvalue weighted by Crippen LogP contribution is -2.03. The topological polar surface area (TPSA) is 30.0 Å². The highest BCUT2D eigenvalue weighted by atomic mass is 35.5. The second-order valence-electron chi connectivity index (χ2n) is 5.02. The fourth-order valence-electron chi connectivity index (χ4n) is 2.13. The maximum Gasteiger partial charge on any atom is 0.173 e. The van der Waals surface area contributed by atoms with Crippen molar-refractivity contribution in [2.75, 3.05) is 5.75 Å². The van der Waals surface area contributed by atoms with Gasteiger partial charge in [-0.05, 0) is 24.1 Å². The van der Waals surface area contributed by atoms with Gasteiger partial charge in [0, 0.05) is 17.7 Å². The van der Waals surface area contributed by atoms with Crippen LogP contribution in [0, 0.1) is 0 Å². The molecule has 1 saturated carbocycles. The van der Waals surface area contributed by atoms with Crippen molar-refractivity contribution < 1.29 is 4.79 Å². The summed E-state index contributed by atoms with van der Waals surface area (Å²) in [6, 6.07) is 13.2. The highest BCUT2D eigenvalue weighted by Crippen LogP contribution is 2.59. The van der Waals surface area contributed by atoms with Crippen molar-refractivity contribution in [2.45, 2.75) is 21.7 Å². The number of benzene rings is 1. The van der Waals surface area contributed by atoms with E-state index in [1.165, 1.54) is 11.8 Å². The molecule has 1 aliphatic rings. The molecule has 1 atom stereocenters. The van der Waals surface area contributed by atoms with Crippen LogP contribution in [-0.2, 0) is 0 Å². The number of ketones is 1. The van der Waals surface area contributed by atoms with E-state index < -0.39 is 4.33 Å². The Balaban J connectivity index is 1.60. The van der Waals surface area contributed by atoms with Gasteiger partial charge in [0.2, 0.25) is 0 Å². The molecule has 2 aromatic rings. The number of hydrogen-bond acceptors (Lipinski definition) is 3. The van der Waals surface area contributed by atoms with E-state index in [1.54, 1.807) is 6.20 Å². The van der Waals surface area contributed by atoms with E-state index in [9.17, 15) is 4.79 Å². The molecule has 3 rings (SSSR count). The summed E-state index contributed by atoms with van der Waals surface area (Å²) in [6.07, 6.45) is 2.50. The molecule has 0 bridgehead atoms. The van der Waals surface area contributed by atoms with E-state index in [1.807, 2.05) is 42.5 Å². The first-order valence-corrected chi connectivity index (χ1v) is 8.35. The summed E-state index contributed by atoms with van der Waals surface area (Å²) in [7, 11) is 0. The number of aromatic nitrogens is 1. The summed E-state index contributed by atoms with van der Waals surface area (Å²) in [5, 5.41) is 0.856. The first kappa shape index (κ1) is 14.9. The lowest BCUT2D eigenvalue weighted by atomic mass is 10.1. The highest BCUT2D eigenvalue weighted by Gasteiger charge is 2.52. The van der Waals surface area contributed by atoms with Gasteiger partial charge >= 0.3 is 0 Å². The number of thioether (sulfide) groups is 1. The van der Waals surface area contributed by atoms with Crippen molar-refractivity contribution in [3.8, 4) is 0 Å². The Bertz CT molecular complexity index is 643. The first-order valence-electron chi connectivity index (χ1n) is 6.61. The number of rotatable bonds is 5. The van der Waals surface area contributed by atoms with Crippen molar-refractivity contribution in [3.63, 3.8) is 0 Å². The molecule has 1 fully saturated rings. The Morgan fingerprint density at radius 3 is 2.52 bits per heavy atom. The number of alkyl halides is 2. The van der Waals surface area contributed by atoms with Crippen LogP contribution >= 0.6 is 35.0 Å². The smallest absolute Gasteiger partial charge is 0.173 e. The molecule has 1 heterocycles. The standard InChI is InChI=1S/C16H13Cl2NOS/c17-16(18)9-13(16)11-4-6-12(7-5-11)14(20)10-21-15-3-1-2-8-19-15/h1-8,13H,9-10H2/t13-/m0/s1. The SMILES string of the molecule is O=C(CSc1ccccn1)c1ccc([C@@H]2CC2(Cl)Cl)cc1. The Labute approximate surface area is 137 Å². The third-order valence-electron chi connectivity index (χ3n) is 3.45. The molecule has 5 heteroatoms. The van der Waals surface area contributed by atoms with Crippen LogP contribution in [-0.4, -0.2) is 20.9 Å². The van der Waals surface area contributed by atoms with Gasteiger partial charge in [0.25, 0.3) is 0 Å². The highest BCUT2D eigenvalue weighted by molar-refractivity contribution is 7.99. The number of halogens is 2. The maximum absolute atomic E-state index is 12.1. The van der Waals surface area contributed by atoms with Gasteiger partial charge in [0.05, 0.1) is 10.8 Å². The molecule has 2 nitrogen and oxygen atoms in total. The van der Waals surface area contributed by atoms with Gasteiger partial charge in [-0.2, -0.15) is 0 Å².